The molecule has 1 saturated heterocycles. The van der Waals surface area contributed by atoms with Crippen LogP contribution >= 0.6 is 31.9 Å². The van der Waals surface area contributed by atoms with Gasteiger partial charge in [0.05, 0.1) is 10.9 Å². The van der Waals surface area contributed by atoms with E-state index in [1.807, 2.05) is 13.1 Å². The molecule has 0 spiro atoms. The minimum Gasteiger partial charge on any atom is -0.447 e. The average molecular weight is 524 g/mol. The van der Waals surface area contributed by atoms with Gasteiger partial charge in [0.15, 0.2) is 6.19 Å². The molecule has 2 atom stereocenters. The molecule has 0 radical (unpaired) electrons. The quantitative estimate of drug-likeness (QED) is 0.574. The molecule has 0 bridgehead atoms. The second kappa shape index (κ2) is 9.23. The van der Waals surface area contributed by atoms with Gasteiger partial charge in [0, 0.05) is 35.1 Å². The van der Waals surface area contributed by atoms with Crippen LogP contribution in [0.2, 0.25) is 0 Å². The number of nitrogens with zero attached hydrogens (tertiary/aromatic N) is 3. The Balaban J connectivity index is 2.05. The largest absolute Gasteiger partial charge is 0.447 e. The van der Waals surface area contributed by atoms with Gasteiger partial charge in [0.25, 0.3) is 0 Å². The fourth-order valence-electron chi connectivity index (χ4n) is 2.66. The lowest BCUT2D eigenvalue weighted by Crippen LogP contribution is -2.36. The van der Waals surface area contributed by atoms with Crippen molar-refractivity contribution in [3.63, 3.8) is 0 Å². The van der Waals surface area contributed by atoms with Crippen molar-refractivity contribution in [2.75, 3.05) is 26.7 Å². The van der Waals surface area contributed by atoms with E-state index in [2.05, 4.69) is 36.6 Å². The number of halogens is 2. The van der Waals surface area contributed by atoms with E-state index in [0.717, 1.165) is 0 Å². The van der Waals surface area contributed by atoms with Crippen LogP contribution in [0.1, 0.15) is 13.3 Å². The summed E-state index contributed by atoms with van der Waals surface area (Å²) < 4.78 is 34.3. The van der Waals surface area contributed by atoms with E-state index in [0.29, 0.717) is 21.9 Å². The molecule has 0 aliphatic carbocycles. The Morgan fingerprint density at radius 3 is 2.81 bits per heavy atom. The summed E-state index contributed by atoms with van der Waals surface area (Å²) in [5, 5.41) is 9.30. The maximum atomic E-state index is 12.7. The highest BCUT2D eigenvalue weighted by Crippen LogP contribution is 2.27. The molecule has 11 heteroatoms. The van der Waals surface area contributed by atoms with Crippen LogP contribution in [0.5, 0.6) is 0 Å². The van der Waals surface area contributed by atoms with Gasteiger partial charge in [-0.25, -0.2) is 17.9 Å². The molecular formula is C16H20Br2N4O4S. The van der Waals surface area contributed by atoms with Crippen LogP contribution in [0.15, 0.2) is 32.0 Å². The third kappa shape index (κ3) is 5.57. The SMILES string of the molecule is CCN(C)C(=O)OC[C@H]1C[C@@H](NS(=O)(=O)c2cc(Br)ccc2Br)CN1C#N. The normalized spacial score (nSPS) is 19.6. The Kier molecular flexibility index (Phi) is 7.50. The summed E-state index contributed by atoms with van der Waals surface area (Å²) in [5.74, 6) is 0. The van der Waals surface area contributed by atoms with Crippen molar-refractivity contribution in [2.24, 2.45) is 0 Å². The zero-order valence-corrected chi connectivity index (χ0v) is 18.8. The highest BCUT2D eigenvalue weighted by molar-refractivity contribution is 9.11. The number of nitrogens with one attached hydrogen (secondary N) is 1. The van der Waals surface area contributed by atoms with Crippen LogP contribution in [0, 0.1) is 11.5 Å². The average Bonchev–Trinajstić information content (AvgIpc) is 3.01. The van der Waals surface area contributed by atoms with Crippen LogP contribution in [0.3, 0.4) is 0 Å². The lowest BCUT2D eigenvalue weighted by atomic mass is 10.2. The molecule has 2 rings (SSSR count). The molecule has 1 N–H and O–H groups in total. The van der Waals surface area contributed by atoms with E-state index in [-0.39, 0.29) is 24.1 Å². The van der Waals surface area contributed by atoms with Crippen molar-refractivity contribution in [1.82, 2.24) is 14.5 Å². The molecule has 148 valence electrons. The molecule has 8 nitrogen and oxygen atoms in total. The topological polar surface area (TPSA) is 103 Å². The molecule has 1 fully saturated rings. The highest BCUT2D eigenvalue weighted by Gasteiger charge is 2.35. The van der Waals surface area contributed by atoms with Gasteiger partial charge in [-0.3, -0.25) is 0 Å². The number of sulfonamides is 1. The maximum absolute atomic E-state index is 12.7. The van der Waals surface area contributed by atoms with Gasteiger partial charge in [-0.1, -0.05) is 15.9 Å². The van der Waals surface area contributed by atoms with Gasteiger partial charge in [-0.2, -0.15) is 5.26 Å². The third-order valence-electron chi connectivity index (χ3n) is 4.23. The number of likely N-dealkylation sites (tertiary alicyclic amines) is 1. The van der Waals surface area contributed by atoms with Crippen molar-refractivity contribution < 1.29 is 17.9 Å². The van der Waals surface area contributed by atoms with Crippen molar-refractivity contribution in [3.05, 3.63) is 27.1 Å². The second-order valence-electron chi connectivity index (χ2n) is 6.13. The Labute approximate surface area is 175 Å². The first-order chi connectivity index (χ1) is 12.7. The fourth-order valence-corrected chi connectivity index (χ4v) is 5.40. The summed E-state index contributed by atoms with van der Waals surface area (Å²) in [6.45, 7) is 2.57. The van der Waals surface area contributed by atoms with Gasteiger partial charge >= 0.3 is 6.09 Å². The summed E-state index contributed by atoms with van der Waals surface area (Å²) in [7, 11) is -2.16. The Hall–Kier alpha value is -1.35. The summed E-state index contributed by atoms with van der Waals surface area (Å²) in [6, 6.07) is 4.04. The van der Waals surface area contributed by atoms with Gasteiger partial charge in [-0.05, 0) is 47.5 Å². The third-order valence-corrected chi connectivity index (χ3v) is 7.24. The van der Waals surface area contributed by atoms with E-state index in [1.165, 1.54) is 15.9 Å². The van der Waals surface area contributed by atoms with Crippen molar-refractivity contribution in [1.29, 1.82) is 5.26 Å². The first-order valence-electron chi connectivity index (χ1n) is 8.19. The van der Waals surface area contributed by atoms with E-state index in [1.54, 1.807) is 19.2 Å². The van der Waals surface area contributed by atoms with Crippen molar-refractivity contribution in [3.8, 4) is 6.19 Å². The molecule has 1 heterocycles. The maximum Gasteiger partial charge on any atom is 0.409 e. The molecule has 1 aliphatic rings. The number of hydrogen-bond acceptors (Lipinski definition) is 6. The van der Waals surface area contributed by atoms with E-state index in [4.69, 9.17) is 4.74 Å². The van der Waals surface area contributed by atoms with E-state index < -0.39 is 22.2 Å². The number of nitriles is 1. The summed E-state index contributed by atoms with van der Waals surface area (Å²) in [4.78, 5) is 14.7. The minimum absolute atomic E-state index is 0.0234. The van der Waals surface area contributed by atoms with Crippen LogP contribution in [0.4, 0.5) is 4.79 Å². The summed E-state index contributed by atoms with van der Waals surface area (Å²) in [5.41, 5.74) is 0. The summed E-state index contributed by atoms with van der Waals surface area (Å²) in [6.07, 6.45) is 1.92. The lowest BCUT2D eigenvalue weighted by Gasteiger charge is -2.20. The van der Waals surface area contributed by atoms with Gasteiger partial charge in [0.2, 0.25) is 10.0 Å². The zero-order chi connectivity index (χ0) is 20.2. The molecule has 1 aliphatic heterocycles. The molecule has 27 heavy (non-hydrogen) atoms. The molecular weight excluding hydrogens is 504 g/mol. The van der Waals surface area contributed by atoms with E-state index in [9.17, 15) is 18.5 Å². The lowest BCUT2D eigenvalue weighted by molar-refractivity contribution is 0.0931. The number of benzene rings is 1. The fraction of sp³-hybridized carbons (Fsp3) is 0.500. The molecule has 1 aromatic carbocycles. The first kappa shape index (κ1) is 21.9. The number of hydrogen-bond donors (Lipinski definition) is 1. The van der Waals surface area contributed by atoms with Crippen LogP contribution in [-0.2, 0) is 14.8 Å². The number of amides is 1. The molecule has 0 aromatic heterocycles. The predicted molar refractivity (Wildman–Crippen MR) is 106 cm³/mol. The van der Waals surface area contributed by atoms with Crippen LogP contribution in [0.25, 0.3) is 0 Å². The first-order valence-corrected chi connectivity index (χ1v) is 11.3. The van der Waals surface area contributed by atoms with Crippen LogP contribution < -0.4 is 4.72 Å². The molecule has 0 saturated carbocycles. The Morgan fingerprint density at radius 1 is 1.48 bits per heavy atom. The standard InChI is InChI=1S/C16H20Br2N4O4S/c1-3-21(2)16(23)26-9-13-7-12(8-22(13)10-19)20-27(24,25)15-6-11(17)4-5-14(15)18/h4-6,12-13,20H,3,7-9H2,1-2H3/t12-,13-/m1/s1. The van der Waals surface area contributed by atoms with Gasteiger partial charge in [0.1, 0.15) is 6.61 Å². The number of rotatable bonds is 6. The highest BCUT2D eigenvalue weighted by atomic mass is 79.9. The molecule has 1 amide bonds. The second-order valence-corrected chi connectivity index (χ2v) is 9.58. The van der Waals surface area contributed by atoms with Gasteiger partial charge in [-0.15, -0.1) is 0 Å². The van der Waals surface area contributed by atoms with Crippen LogP contribution in [-0.4, -0.2) is 63.1 Å². The Morgan fingerprint density at radius 2 is 2.19 bits per heavy atom. The number of carbonyl (C=O) groups is 1. The van der Waals surface area contributed by atoms with Gasteiger partial charge < -0.3 is 14.5 Å². The van der Waals surface area contributed by atoms with E-state index >= 15 is 0 Å². The number of carbonyl (C=O) groups excluding carboxylic acids is 1. The molecule has 0 unspecified atom stereocenters. The zero-order valence-electron chi connectivity index (χ0n) is 14.9. The monoisotopic (exact) mass is 522 g/mol. The Bertz CT molecular complexity index is 843. The minimum atomic E-state index is -3.78. The number of ether oxygens (including phenoxy) is 1. The smallest absolute Gasteiger partial charge is 0.409 e. The molecule has 1 aromatic rings. The summed E-state index contributed by atoms with van der Waals surface area (Å²) >= 11 is 6.52. The van der Waals surface area contributed by atoms with Crippen molar-refractivity contribution >= 4 is 48.0 Å². The van der Waals surface area contributed by atoms with Crippen molar-refractivity contribution in [2.45, 2.75) is 30.3 Å². The predicted octanol–water partition coefficient (Wildman–Crippen LogP) is 2.50.